The van der Waals surface area contributed by atoms with E-state index in [1.54, 1.807) is 20.8 Å². The molecule has 0 aliphatic carbocycles. The minimum absolute atomic E-state index is 0.119. The first kappa shape index (κ1) is 21.5. The lowest BCUT2D eigenvalue weighted by Crippen LogP contribution is -2.28. The van der Waals surface area contributed by atoms with Gasteiger partial charge in [-0.15, -0.1) is 5.10 Å². The number of nitrogens with one attached hydrogen (secondary N) is 1. The molecule has 0 radical (unpaired) electrons. The third-order valence-electron chi connectivity index (χ3n) is 4.04. The number of rotatable bonds is 3. The molecule has 0 aromatic carbocycles. The SMILES string of the molecule is CC(C)(C)C(=O)Nc1cc(C(F)(F)F)c(-c2nc(Cl)c3cc(C(=O)O)cn3n2)cn1. The number of carboxylic acid groups (broad SMARTS) is 1. The van der Waals surface area contributed by atoms with Crippen molar-refractivity contribution in [3.8, 4) is 11.4 Å². The van der Waals surface area contributed by atoms with Crippen LogP contribution in [0.3, 0.4) is 0 Å². The number of amides is 1. The Labute approximate surface area is 172 Å². The number of halogens is 4. The summed E-state index contributed by atoms with van der Waals surface area (Å²) < 4.78 is 42.1. The normalized spacial score (nSPS) is 12.2. The zero-order valence-electron chi connectivity index (χ0n) is 15.9. The Morgan fingerprint density at radius 1 is 1.20 bits per heavy atom. The fourth-order valence-corrected chi connectivity index (χ4v) is 2.66. The quantitative estimate of drug-likeness (QED) is 0.632. The van der Waals surface area contributed by atoms with Crippen LogP contribution >= 0.6 is 11.6 Å². The number of carbonyl (C=O) groups excluding carboxylic acids is 1. The van der Waals surface area contributed by atoms with Gasteiger partial charge in [0.25, 0.3) is 0 Å². The third-order valence-corrected chi connectivity index (χ3v) is 4.32. The predicted octanol–water partition coefficient (Wildman–Crippen LogP) is 4.15. The van der Waals surface area contributed by atoms with Gasteiger partial charge in [-0.25, -0.2) is 19.3 Å². The van der Waals surface area contributed by atoms with Crippen LogP contribution in [0.4, 0.5) is 19.0 Å². The average Bonchev–Trinajstić information content (AvgIpc) is 3.05. The number of fused-ring (bicyclic) bond motifs is 1. The Bertz CT molecular complexity index is 1170. The topological polar surface area (TPSA) is 109 Å². The number of pyridine rings is 1. The number of nitrogens with zero attached hydrogens (tertiary/aromatic N) is 4. The molecule has 3 rings (SSSR count). The van der Waals surface area contributed by atoms with Crippen molar-refractivity contribution in [3.63, 3.8) is 0 Å². The molecule has 0 saturated heterocycles. The van der Waals surface area contributed by atoms with Crippen LogP contribution in [0.2, 0.25) is 5.15 Å². The summed E-state index contributed by atoms with van der Waals surface area (Å²) in [6.07, 6.45) is -2.83. The van der Waals surface area contributed by atoms with E-state index in [0.29, 0.717) is 6.07 Å². The van der Waals surface area contributed by atoms with Gasteiger partial charge < -0.3 is 10.4 Å². The zero-order chi connectivity index (χ0) is 22.4. The standard InChI is InChI=1S/C18H15ClF3N5O3/c1-17(2,3)16(30)24-12-5-10(18(20,21)22)9(6-23-12)14-25-13(19)11-4-8(15(28)29)7-27(11)26-14/h4-7H,1-3H3,(H,28,29)(H,23,24,30). The molecule has 2 N–H and O–H groups in total. The number of aromatic nitrogens is 4. The number of aromatic carboxylic acids is 1. The summed E-state index contributed by atoms with van der Waals surface area (Å²) in [7, 11) is 0. The van der Waals surface area contributed by atoms with E-state index in [9.17, 15) is 22.8 Å². The van der Waals surface area contributed by atoms with E-state index in [2.05, 4.69) is 20.4 Å². The summed E-state index contributed by atoms with van der Waals surface area (Å²) in [6, 6.07) is 1.88. The molecule has 0 unspecified atom stereocenters. The summed E-state index contributed by atoms with van der Waals surface area (Å²) >= 11 is 6.02. The van der Waals surface area contributed by atoms with Gasteiger partial charge in [0.2, 0.25) is 5.91 Å². The number of carboxylic acids is 1. The van der Waals surface area contributed by atoms with E-state index in [-0.39, 0.29) is 22.1 Å². The Morgan fingerprint density at radius 3 is 2.43 bits per heavy atom. The van der Waals surface area contributed by atoms with Crippen molar-refractivity contribution in [3.05, 3.63) is 40.8 Å². The lowest BCUT2D eigenvalue weighted by Gasteiger charge is -2.18. The molecule has 12 heteroatoms. The van der Waals surface area contributed by atoms with Crippen molar-refractivity contribution in [2.24, 2.45) is 5.41 Å². The Balaban J connectivity index is 2.13. The van der Waals surface area contributed by atoms with Crippen LogP contribution in [0.25, 0.3) is 16.9 Å². The van der Waals surface area contributed by atoms with Crippen LogP contribution in [-0.2, 0) is 11.0 Å². The van der Waals surface area contributed by atoms with Crippen LogP contribution in [0.1, 0.15) is 36.7 Å². The minimum Gasteiger partial charge on any atom is -0.478 e. The average molecular weight is 442 g/mol. The largest absolute Gasteiger partial charge is 0.478 e. The summed E-state index contributed by atoms with van der Waals surface area (Å²) in [4.78, 5) is 30.9. The monoisotopic (exact) mass is 441 g/mol. The highest BCUT2D eigenvalue weighted by Gasteiger charge is 2.36. The van der Waals surface area contributed by atoms with Gasteiger partial charge in [-0.2, -0.15) is 13.2 Å². The van der Waals surface area contributed by atoms with Crippen LogP contribution < -0.4 is 5.32 Å². The second-order valence-electron chi connectivity index (χ2n) is 7.41. The van der Waals surface area contributed by atoms with Crippen molar-refractivity contribution in [1.29, 1.82) is 0 Å². The lowest BCUT2D eigenvalue weighted by atomic mass is 9.96. The Morgan fingerprint density at radius 2 is 1.87 bits per heavy atom. The van der Waals surface area contributed by atoms with E-state index in [1.807, 2.05) is 0 Å². The fraction of sp³-hybridized carbons (Fsp3) is 0.278. The molecule has 30 heavy (non-hydrogen) atoms. The molecule has 0 spiro atoms. The van der Waals surface area contributed by atoms with Gasteiger partial charge in [0, 0.05) is 17.8 Å². The van der Waals surface area contributed by atoms with Gasteiger partial charge >= 0.3 is 12.1 Å². The molecule has 3 heterocycles. The summed E-state index contributed by atoms with van der Waals surface area (Å²) in [6.45, 7) is 4.82. The molecule has 3 aromatic heterocycles. The molecular weight excluding hydrogens is 427 g/mol. The fourth-order valence-electron chi connectivity index (χ4n) is 2.43. The van der Waals surface area contributed by atoms with E-state index in [4.69, 9.17) is 16.7 Å². The zero-order valence-corrected chi connectivity index (χ0v) is 16.6. The maximum atomic E-state index is 13.7. The Hall–Kier alpha value is -3.21. The number of hydrogen-bond donors (Lipinski definition) is 2. The number of carbonyl (C=O) groups is 2. The highest BCUT2D eigenvalue weighted by atomic mass is 35.5. The van der Waals surface area contributed by atoms with Crippen molar-refractivity contribution < 1.29 is 27.9 Å². The smallest absolute Gasteiger partial charge is 0.417 e. The van der Waals surface area contributed by atoms with Crippen molar-refractivity contribution in [2.75, 3.05) is 5.32 Å². The molecule has 158 valence electrons. The van der Waals surface area contributed by atoms with Crippen LogP contribution in [0, 0.1) is 5.41 Å². The van der Waals surface area contributed by atoms with E-state index in [1.165, 1.54) is 6.07 Å². The number of anilines is 1. The van der Waals surface area contributed by atoms with Gasteiger partial charge in [0.05, 0.1) is 16.7 Å². The van der Waals surface area contributed by atoms with Gasteiger partial charge in [-0.3, -0.25) is 4.79 Å². The van der Waals surface area contributed by atoms with E-state index >= 15 is 0 Å². The molecule has 3 aromatic rings. The van der Waals surface area contributed by atoms with Crippen LogP contribution in [0.15, 0.2) is 24.5 Å². The molecule has 0 bridgehead atoms. The summed E-state index contributed by atoms with van der Waals surface area (Å²) in [5.74, 6) is -2.46. The third kappa shape index (κ3) is 4.20. The predicted molar refractivity (Wildman–Crippen MR) is 101 cm³/mol. The first-order valence-electron chi connectivity index (χ1n) is 8.45. The first-order valence-corrected chi connectivity index (χ1v) is 8.83. The van der Waals surface area contributed by atoms with Gasteiger partial charge in [-0.05, 0) is 12.1 Å². The molecule has 0 aliphatic heterocycles. The van der Waals surface area contributed by atoms with Gasteiger partial charge in [-0.1, -0.05) is 32.4 Å². The molecule has 1 amide bonds. The Kier molecular flexibility index (Phi) is 5.19. The lowest BCUT2D eigenvalue weighted by molar-refractivity contribution is -0.137. The van der Waals surface area contributed by atoms with E-state index in [0.717, 1.165) is 16.9 Å². The van der Waals surface area contributed by atoms with Crippen molar-refractivity contribution >= 4 is 34.8 Å². The molecular formula is C18H15ClF3N5O3. The molecule has 0 aliphatic rings. The highest BCUT2D eigenvalue weighted by Crippen LogP contribution is 2.37. The second kappa shape index (κ2) is 7.24. The van der Waals surface area contributed by atoms with E-state index < -0.39 is 40.4 Å². The molecule has 0 atom stereocenters. The summed E-state index contributed by atoms with van der Waals surface area (Å²) in [5, 5.41) is 15.1. The van der Waals surface area contributed by atoms with Crippen LogP contribution in [-0.4, -0.2) is 36.6 Å². The number of hydrogen-bond acceptors (Lipinski definition) is 5. The first-order chi connectivity index (χ1) is 13.8. The molecule has 8 nitrogen and oxygen atoms in total. The maximum absolute atomic E-state index is 13.7. The van der Waals surface area contributed by atoms with Crippen LogP contribution in [0.5, 0.6) is 0 Å². The molecule has 0 saturated carbocycles. The summed E-state index contributed by atoms with van der Waals surface area (Å²) in [5.41, 5.74) is -2.49. The van der Waals surface area contributed by atoms with Crippen molar-refractivity contribution in [1.82, 2.24) is 19.6 Å². The van der Waals surface area contributed by atoms with Gasteiger partial charge in [0.15, 0.2) is 11.0 Å². The maximum Gasteiger partial charge on any atom is 0.417 e. The highest BCUT2D eigenvalue weighted by molar-refractivity contribution is 6.32. The second-order valence-corrected chi connectivity index (χ2v) is 7.76. The van der Waals surface area contributed by atoms with Crippen molar-refractivity contribution in [2.45, 2.75) is 26.9 Å². The van der Waals surface area contributed by atoms with Gasteiger partial charge in [0.1, 0.15) is 11.3 Å². The minimum atomic E-state index is -4.81. The molecule has 0 fully saturated rings. The number of alkyl halides is 3.